The first-order valence-electron chi connectivity index (χ1n) is 13.7. The van der Waals surface area contributed by atoms with E-state index in [0.717, 1.165) is 17.4 Å². The van der Waals surface area contributed by atoms with Crippen LogP contribution in [0, 0.1) is 16.7 Å². The molecule has 0 bridgehead atoms. The van der Waals surface area contributed by atoms with Crippen LogP contribution in [-0.2, 0) is 0 Å². The average Bonchev–Trinajstić information content (AvgIpc) is 2.77. The van der Waals surface area contributed by atoms with E-state index in [1.54, 1.807) is 0 Å². The van der Waals surface area contributed by atoms with Crippen molar-refractivity contribution < 1.29 is 0 Å². The molecule has 0 atom stereocenters. The van der Waals surface area contributed by atoms with E-state index in [1.165, 1.54) is 110 Å². The van der Waals surface area contributed by atoms with Crippen LogP contribution in [0.25, 0.3) is 0 Å². The first-order valence-corrected chi connectivity index (χ1v) is 13.7. The molecule has 0 aromatic heterocycles. The Balaban J connectivity index is 0.000000481. The van der Waals surface area contributed by atoms with Crippen LogP contribution in [0.3, 0.4) is 0 Å². The number of nitrogens with zero attached hydrogens (tertiary/aromatic N) is 2. The van der Waals surface area contributed by atoms with Crippen molar-refractivity contribution in [2.24, 2.45) is 16.7 Å². The Kier molecular flexibility index (Phi) is 11.1. The zero-order valence-electron chi connectivity index (χ0n) is 21.6. The van der Waals surface area contributed by atoms with Gasteiger partial charge in [0.2, 0.25) is 0 Å². The molecule has 3 nitrogen and oxygen atoms in total. The highest BCUT2D eigenvalue weighted by atomic mass is 15.2. The Morgan fingerprint density at radius 2 is 1.27 bits per heavy atom. The van der Waals surface area contributed by atoms with Crippen LogP contribution in [0.2, 0.25) is 0 Å². The molecule has 3 aliphatic heterocycles. The van der Waals surface area contributed by atoms with Crippen molar-refractivity contribution in [1.29, 1.82) is 0 Å². The SMILES string of the molecule is CC.CC(C)N1CCC2(CCN(CC3CC4(CCNCC4)C3)CC2)CC1.CCCC. The summed E-state index contributed by atoms with van der Waals surface area (Å²) in [5.74, 6) is 1.01. The molecule has 0 amide bonds. The molecule has 2 spiro atoms. The first kappa shape index (κ1) is 26.1. The van der Waals surface area contributed by atoms with E-state index < -0.39 is 0 Å². The van der Waals surface area contributed by atoms with E-state index in [0.29, 0.717) is 5.41 Å². The standard InChI is InChI=1S/C21H39N3.C4H10.C2H6/c1-18(2)24-13-7-20(8-14-24)5-11-23(12-6-20)17-19-15-21(16-19)3-9-22-10-4-21;1-3-4-2;1-2/h18-19,22H,3-17H2,1-2H3;3-4H2,1-2H3;1-2H3. The molecular weight excluding hydrogens is 366 g/mol. The summed E-state index contributed by atoms with van der Waals surface area (Å²) >= 11 is 0. The zero-order valence-corrected chi connectivity index (χ0v) is 21.6. The highest BCUT2D eigenvalue weighted by Gasteiger charge is 2.45. The molecule has 30 heavy (non-hydrogen) atoms. The third kappa shape index (κ3) is 7.20. The molecule has 4 aliphatic rings. The lowest BCUT2D eigenvalue weighted by atomic mass is 9.57. The summed E-state index contributed by atoms with van der Waals surface area (Å²) in [6, 6.07) is 0.739. The molecule has 0 aromatic rings. The average molecular weight is 422 g/mol. The van der Waals surface area contributed by atoms with Crippen molar-refractivity contribution in [1.82, 2.24) is 15.1 Å². The topological polar surface area (TPSA) is 18.5 Å². The maximum atomic E-state index is 3.53. The molecule has 0 unspecified atom stereocenters. The monoisotopic (exact) mass is 421 g/mol. The second-order valence-electron chi connectivity index (χ2n) is 11.0. The minimum atomic E-state index is 0.706. The van der Waals surface area contributed by atoms with Crippen molar-refractivity contribution >= 4 is 0 Å². The van der Waals surface area contributed by atoms with Crippen molar-refractivity contribution in [2.45, 2.75) is 112 Å². The summed E-state index contributed by atoms with van der Waals surface area (Å²) < 4.78 is 0. The second-order valence-corrected chi connectivity index (χ2v) is 11.0. The predicted octanol–water partition coefficient (Wildman–Crippen LogP) is 6.19. The van der Waals surface area contributed by atoms with Gasteiger partial charge in [-0.05, 0) is 121 Å². The van der Waals surface area contributed by atoms with Crippen molar-refractivity contribution in [3.8, 4) is 0 Å². The maximum absolute atomic E-state index is 3.53. The van der Waals surface area contributed by atoms with E-state index in [4.69, 9.17) is 0 Å². The van der Waals surface area contributed by atoms with Crippen molar-refractivity contribution in [3.05, 3.63) is 0 Å². The van der Waals surface area contributed by atoms with Crippen LogP contribution in [0.15, 0.2) is 0 Å². The number of nitrogens with one attached hydrogen (secondary N) is 1. The molecule has 1 N–H and O–H groups in total. The predicted molar refractivity (Wildman–Crippen MR) is 133 cm³/mol. The summed E-state index contributed by atoms with van der Waals surface area (Å²) in [5, 5.41) is 3.53. The van der Waals surface area contributed by atoms with E-state index in [2.05, 4.69) is 42.8 Å². The molecule has 178 valence electrons. The molecule has 0 radical (unpaired) electrons. The number of unbranched alkanes of at least 4 members (excludes halogenated alkanes) is 1. The van der Waals surface area contributed by atoms with E-state index in [9.17, 15) is 0 Å². The fourth-order valence-electron chi connectivity index (χ4n) is 6.25. The maximum Gasteiger partial charge on any atom is 0.00385 e. The van der Waals surface area contributed by atoms with Crippen LogP contribution >= 0.6 is 0 Å². The highest BCUT2D eigenvalue weighted by Crippen LogP contribution is 2.52. The minimum Gasteiger partial charge on any atom is -0.317 e. The summed E-state index contributed by atoms with van der Waals surface area (Å²) in [6.07, 6.45) is 14.4. The van der Waals surface area contributed by atoms with Gasteiger partial charge in [-0.1, -0.05) is 40.5 Å². The zero-order chi connectivity index (χ0) is 22.0. The van der Waals surface area contributed by atoms with Crippen molar-refractivity contribution in [2.75, 3.05) is 45.8 Å². The molecule has 4 rings (SSSR count). The van der Waals surface area contributed by atoms with Crippen LogP contribution < -0.4 is 5.32 Å². The van der Waals surface area contributed by atoms with Gasteiger partial charge in [-0.15, -0.1) is 0 Å². The Morgan fingerprint density at radius 3 is 1.73 bits per heavy atom. The highest BCUT2D eigenvalue weighted by molar-refractivity contribution is 4.98. The summed E-state index contributed by atoms with van der Waals surface area (Å²) in [4.78, 5) is 5.50. The van der Waals surface area contributed by atoms with Crippen LogP contribution in [0.1, 0.15) is 106 Å². The fourth-order valence-corrected chi connectivity index (χ4v) is 6.25. The van der Waals surface area contributed by atoms with Gasteiger partial charge >= 0.3 is 0 Å². The van der Waals surface area contributed by atoms with E-state index >= 15 is 0 Å². The quantitative estimate of drug-likeness (QED) is 0.584. The van der Waals surface area contributed by atoms with Gasteiger partial charge in [0, 0.05) is 12.6 Å². The third-order valence-corrected chi connectivity index (χ3v) is 8.63. The Labute approximate surface area is 189 Å². The molecule has 0 aromatic carbocycles. The smallest absolute Gasteiger partial charge is 0.00385 e. The van der Waals surface area contributed by atoms with Gasteiger partial charge in [-0.25, -0.2) is 0 Å². The number of hydrogen-bond donors (Lipinski definition) is 1. The van der Waals surface area contributed by atoms with Crippen molar-refractivity contribution in [3.63, 3.8) is 0 Å². The lowest BCUT2D eigenvalue weighted by molar-refractivity contribution is -0.0203. The first-order chi connectivity index (χ1) is 14.5. The van der Waals surface area contributed by atoms with Gasteiger partial charge in [0.15, 0.2) is 0 Å². The summed E-state index contributed by atoms with van der Waals surface area (Å²) in [5.41, 5.74) is 1.47. The summed E-state index contributed by atoms with van der Waals surface area (Å²) in [7, 11) is 0. The number of piperidine rings is 3. The van der Waals surface area contributed by atoms with Gasteiger partial charge < -0.3 is 15.1 Å². The lowest BCUT2D eigenvalue weighted by Gasteiger charge is -2.53. The Bertz CT molecular complexity index is 427. The van der Waals surface area contributed by atoms with Crippen LogP contribution in [0.5, 0.6) is 0 Å². The number of likely N-dealkylation sites (tertiary alicyclic amines) is 2. The fraction of sp³-hybridized carbons (Fsp3) is 1.00. The van der Waals surface area contributed by atoms with E-state index in [-0.39, 0.29) is 0 Å². The number of hydrogen-bond acceptors (Lipinski definition) is 3. The summed E-state index contributed by atoms with van der Waals surface area (Å²) in [6.45, 7) is 22.5. The molecule has 3 heteroatoms. The van der Waals surface area contributed by atoms with Gasteiger partial charge in [-0.2, -0.15) is 0 Å². The molecular formula is C27H55N3. The number of rotatable bonds is 4. The van der Waals surface area contributed by atoms with E-state index in [1.807, 2.05) is 13.8 Å². The Morgan fingerprint density at radius 1 is 0.767 bits per heavy atom. The molecule has 1 aliphatic carbocycles. The van der Waals surface area contributed by atoms with Gasteiger partial charge in [0.1, 0.15) is 0 Å². The lowest BCUT2D eigenvalue weighted by Crippen LogP contribution is -2.51. The van der Waals surface area contributed by atoms with Crippen LogP contribution in [-0.4, -0.2) is 61.7 Å². The molecule has 1 saturated carbocycles. The molecule has 3 heterocycles. The normalized spacial score (nSPS) is 26.5. The van der Waals surface area contributed by atoms with Crippen LogP contribution in [0.4, 0.5) is 0 Å². The molecule has 4 fully saturated rings. The third-order valence-electron chi connectivity index (χ3n) is 8.63. The Hall–Kier alpha value is -0.120. The largest absolute Gasteiger partial charge is 0.317 e. The van der Waals surface area contributed by atoms with Gasteiger partial charge in [-0.3, -0.25) is 0 Å². The second kappa shape index (κ2) is 12.8. The molecule has 3 saturated heterocycles. The van der Waals surface area contributed by atoms with Gasteiger partial charge in [0.05, 0.1) is 0 Å². The van der Waals surface area contributed by atoms with Gasteiger partial charge in [0.25, 0.3) is 0 Å². The minimum absolute atomic E-state index is 0.706.